The van der Waals surface area contributed by atoms with Crippen molar-refractivity contribution in [1.82, 2.24) is 0 Å². The van der Waals surface area contributed by atoms with Gasteiger partial charge in [0.15, 0.2) is 0 Å². The van der Waals surface area contributed by atoms with Gasteiger partial charge in [0.05, 0.1) is 10.6 Å². The molecule has 0 saturated heterocycles. The van der Waals surface area contributed by atoms with Crippen LogP contribution >= 0.6 is 12.6 Å². The number of hydrogen-bond donors (Lipinski definition) is 1. The molecule has 0 atom stereocenters. The lowest BCUT2D eigenvalue weighted by Crippen LogP contribution is -1.86. The SMILES string of the molecule is O=C=Nc1ccc([N+](=O)[O-])cc1S. The Kier molecular flexibility index (Phi) is 2.79. The molecule has 0 bridgehead atoms. The van der Waals surface area contributed by atoms with Gasteiger partial charge in [-0.2, -0.15) is 4.99 Å². The monoisotopic (exact) mass is 196 g/mol. The Labute approximate surface area is 78.7 Å². The van der Waals surface area contributed by atoms with Gasteiger partial charge in [-0.25, -0.2) is 4.79 Å². The van der Waals surface area contributed by atoms with E-state index >= 15 is 0 Å². The molecule has 0 radical (unpaired) electrons. The summed E-state index contributed by atoms with van der Waals surface area (Å²) in [6, 6.07) is 3.81. The third kappa shape index (κ3) is 2.14. The Hall–Kier alpha value is -1.65. The lowest BCUT2D eigenvalue weighted by Gasteiger charge is -1.95. The van der Waals surface area contributed by atoms with E-state index in [1.54, 1.807) is 0 Å². The van der Waals surface area contributed by atoms with Crippen molar-refractivity contribution >= 4 is 30.1 Å². The summed E-state index contributed by atoms with van der Waals surface area (Å²) in [7, 11) is 0. The number of benzene rings is 1. The fourth-order valence-electron chi connectivity index (χ4n) is 0.769. The Morgan fingerprint density at radius 2 is 2.23 bits per heavy atom. The van der Waals surface area contributed by atoms with E-state index in [1.807, 2.05) is 0 Å². The molecule has 6 heteroatoms. The van der Waals surface area contributed by atoms with E-state index < -0.39 is 4.92 Å². The first kappa shape index (κ1) is 9.44. The zero-order chi connectivity index (χ0) is 9.84. The Morgan fingerprint density at radius 1 is 1.54 bits per heavy atom. The maximum Gasteiger partial charge on any atom is 0.270 e. The van der Waals surface area contributed by atoms with Gasteiger partial charge in [0, 0.05) is 17.0 Å². The van der Waals surface area contributed by atoms with Crippen LogP contribution in [0.25, 0.3) is 0 Å². The van der Waals surface area contributed by atoms with Gasteiger partial charge in [0.25, 0.3) is 5.69 Å². The van der Waals surface area contributed by atoms with E-state index in [-0.39, 0.29) is 16.3 Å². The Balaban J connectivity index is 3.19. The number of thiol groups is 1. The normalized spacial score (nSPS) is 9.00. The van der Waals surface area contributed by atoms with Gasteiger partial charge in [-0.3, -0.25) is 10.1 Å². The highest BCUT2D eigenvalue weighted by molar-refractivity contribution is 7.80. The van der Waals surface area contributed by atoms with Crippen LogP contribution in [0.5, 0.6) is 0 Å². The molecule has 0 aliphatic heterocycles. The van der Waals surface area contributed by atoms with Gasteiger partial charge < -0.3 is 0 Å². The Bertz CT molecular complexity index is 399. The number of rotatable bonds is 2. The molecule has 0 N–H and O–H groups in total. The molecule has 1 aromatic rings. The van der Waals surface area contributed by atoms with Crippen LogP contribution < -0.4 is 0 Å². The van der Waals surface area contributed by atoms with Crippen LogP contribution in [0.1, 0.15) is 0 Å². The average molecular weight is 196 g/mol. The number of nitro benzene ring substituents is 1. The minimum absolute atomic E-state index is 0.0881. The zero-order valence-corrected chi connectivity index (χ0v) is 7.19. The van der Waals surface area contributed by atoms with Crippen LogP contribution in [0.3, 0.4) is 0 Å². The van der Waals surface area contributed by atoms with Crippen molar-refractivity contribution in [3.05, 3.63) is 28.3 Å². The molecule has 0 aliphatic carbocycles. The summed E-state index contributed by atoms with van der Waals surface area (Å²) in [6.07, 6.45) is 1.33. The molecule has 0 spiro atoms. The maximum absolute atomic E-state index is 10.3. The smallest absolute Gasteiger partial charge is 0.258 e. The lowest BCUT2D eigenvalue weighted by atomic mass is 10.3. The summed E-state index contributed by atoms with van der Waals surface area (Å²) in [6.45, 7) is 0. The number of non-ortho nitro benzene ring substituents is 1. The first-order valence-corrected chi connectivity index (χ1v) is 3.65. The van der Waals surface area contributed by atoms with Crippen LogP contribution in [0.2, 0.25) is 0 Å². The summed E-state index contributed by atoms with van der Waals surface area (Å²) in [5.74, 6) is 0. The number of aliphatic imine (C=N–C) groups is 1. The van der Waals surface area contributed by atoms with Crippen LogP contribution in [-0.4, -0.2) is 11.0 Å². The minimum atomic E-state index is -0.547. The van der Waals surface area contributed by atoms with Crippen LogP contribution in [-0.2, 0) is 4.79 Å². The molecule has 0 heterocycles. The molecular formula is C7H4N2O3S. The van der Waals surface area contributed by atoms with Crippen molar-refractivity contribution in [1.29, 1.82) is 0 Å². The van der Waals surface area contributed by atoms with Crippen LogP contribution in [0, 0.1) is 10.1 Å². The van der Waals surface area contributed by atoms with Crippen LogP contribution in [0.4, 0.5) is 11.4 Å². The van der Waals surface area contributed by atoms with E-state index in [0.717, 1.165) is 0 Å². The number of nitro groups is 1. The number of nitrogens with zero attached hydrogens (tertiary/aromatic N) is 2. The molecule has 13 heavy (non-hydrogen) atoms. The molecule has 0 unspecified atom stereocenters. The highest BCUT2D eigenvalue weighted by Gasteiger charge is 2.07. The first-order chi connectivity index (χ1) is 6.15. The van der Waals surface area contributed by atoms with E-state index in [2.05, 4.69) is 17.6 Å². The standard InChI is InChI=1S/C7H4N2O3S/c10-4-8-6-2-1-5(9(11)12)3-7(6)13/h1-3,13H. The van der Waals surface area contributed by atoms with Crippen molar-refractivity contribution in [3.8, 4) is 0 Å². The van der Waals surface area contributed by atoms with Gasteiger partial charge in [-0.15, -0.1) is 12.6 Å². The second-order valence-electron chi connectivity index (χ2n) is 2.13. The molecule has 66 valence electrons. The first-order valence-electron chi connectivity index (χ1n) is 3.20. The quantitative estimate of drug-likeness (QED) is 0.258. The van der Waals surface area contributed by atoms with Crippen molar-refractivity contribution in [2.75, 3.05) is 0 Å². The molecule has 5 nitrogen and oxygen atoms in total. The highest BCUT2D eigenvalue weighted by atomic mass is 32.1. The summed E-state index contributed by atoms with van der Waals surface area (Å²) in [4.78, 5) is 23.2. The molecule has 0 amide bonds. The second-order valence-corrected chi connectivity index (χ2v) is 2.62. The topological polar surface area (TPSA) is 72.6 Å². The zero-order valence-electron chi connectivity index (χ0n) is 6.30. The summed E-state index contributed by atoms with van der Waals surface area (Å²) in [5.41, 5.74) is 0.179. The fourth-order valence-corrected chi connectivity index (χ4v) is 1.03. The molecular weight excluding hydrogens is 192 g/mol. The van der Waals surface area contributed by atoms with Gasteiger partial charge >= 0.3 is 0 Å². The number of isocyanates is 1. The number of hydrogen-bond acceptors (Lipinski definition) is 5. The van der Waals surface area contributed by atoms with Crippen molar-refractivity contribution in [2.24, 2.45) is 4.99 Å². The molecule has 0 aromatic heterocycles. The summed E-state index contributed by atoms with van der Waals surface area (Å²) < 4.78 is 0. The lowest BCUT2D eigenvalue weighted by molar-refractivity contribution is -0.385. The second kappa shape index (κ2) is 3.84. The predicted molar refractivity (Wildman–Crippen MR) is 48.1 cm³/mol. The van der Waals surface area contributed by atoms with Gasteiger partial charge in [-0.1, -0.05) is 0 Å². The van der Waals surface area contributed by atoms with E-state index in [0.29, 0.717) is 0 Å². The molecule has 1 aromatic carbocycles. The number of carbonyl (C=O) groups excluding carboxylic acids is 1. The molecule has 0 fully saturated rings. The van der Waals surface area contributed by atoms with Gasteiger partial charge in [0.2, 0.25) is 6.08 Å². The third-order valence-corrected chi connectivity index (χ3v) is 1.69. The van der Waals surface area contributed by atoms with Gasteiger partial charge in [0.1, 0.15) is 0 Å². The minimum Gasteiger partial charge on any atom is -0.258 e. The summed E-state index contributed by atoms with van der Waals surface area (Å²) >= 11 is 3.92. The summed E-state index contributed by atoms with van der Waals surface area (Å²) in [5, 5.41) is 10.3. The maximum atomic E-state index is 10.3. The largest absolute Gasteiger partial charge is 0.270 e. The fraction of sp³-hybridized carbons (Fsp3) is 0. The highest BCUT2D eigenvalue weighted by Crippen LogP contribution is 2.26. The van der Waals surface area contributed by atoms with Crippen molar-refractivity contribution < 1.29 is 9.72 Å². The van der Waals surface area contributed by atoms with Crippen molar-refractivity contribution in [3.63, 3.8) is 0 Å². The average Bonchev–Trinajstić information content (AvgIpc) is 2.08. The Morgan fingerprint density at radius 3 is 2.69 bits per heavy atom. The molecule has 0 aliphatic rings. The molecule has 0 saturated carbocycles. The van der Waals surface area contributed by atoms with E-state index in [1.165, 1.54) is 24.3 Å². The van der Waals surface area contributed by atoms with E-state index in [4.69, 9.17) is 0 Å². The molecule has 1 rings (SSSR count). The third-order valence-electron chi connectivity index (χ3n) is 1.34. The van der Waals surface area contributed by atoms with Crippen LogP contribution in [0.15, 0.2) is 28.1 Å². The van der Waals surface area contributed by atoms with Gasteiger partial charge in [-0.05, 0) is 6.07 Å². The van der Waals surface area contributed by atoms with E-state index in [9.17, 15) is 14.9 Å². The van der Waals surface area contributed by atoms with Crippen molar-refractivity contribution in [2.45, 2.75) is 4.90 Å². The predicted octanol–water partition coefficient (Wildman–Crippen LogP) is 1.85.